The summed E-state index contributed by atoms with van der Waals surface area (Å²) in [5, 5.41) is 11.7. The van der Waals surface area contributed by atoms with E-state index in [2.05, 4.69) is 5.32 Å². The molecule has 0 bridgehead atoms. The fourth-order valence-electron chi connectivity index (χ4n) is 1.74. The molecule has 19 heavy (non-hydrogen) atoms. The van der Waals surface area contributed by atoms with Crippen LogP contribution in [0.3, 0.4) is 0 Å². The van der Waals surface area contributed by atoms with Crippen molar-refractivity contribution in [3.05, 3.63) is 35.9 Å². The molecule has 0 aliphatic carbocycles. The lowest BCUT2D eigenvalue weighted by atomic mass is 10.0. The minimum atomic E-state index is -1.07. The summed E-state index contributed by atoms with van der Waals surface area (Å²) in [5.41, 5.74) is -0.336. The second-order valence-corrected chi connectivity index (χ2v) is 4.39. The molecule has 0 fully saturated rings. The van der Waals surface area contributed by atoms with Gasteiger partial charge in [-0.2, -0.15) is 5.26 Å². The number of nitriles is 1. The molecule has 1 aromatic rings. The number of amides is 1. The maximum Gasteiger partial charge on any atom is 0.255 e. The Kier molecular flexibility index (Phi) is 5.49. The topological polar surface area (TPSA) is 71.3 Å². The Labute approximate surface area is 113 Å². The SMILES string of the molecule is COC[C@](C)(C#N)NC(=O)[C@@H](OC)c1ccccc1. The van der Waals surface area contributed by atoms with Crippen LogP contribution in [-0.4, -0.2) is 32.3 Å². The Bertz CT molecular complexity index is 456. The van der Waals surface area contributed by atoms with Crippen LogP contribution in [0.15, 0.2) is 30.3 Å². The fourth-order valence-corrected chi connectivity index (χ4v) is 1.74. The van der Waals surface area contributed by atoms with E-state index < -0.39 is 11.6 Å². The van der Waals surface area contributed by atoms with Crippen LogP contribution >= 0.6 is 0 Å². The van der Waals surface area contributed by atoms with Gasteiger partial charge in [-0.05, 0) is 12.5 Å². The summed E-state index contributed by atoms with van der Waals surface area (Å²) in [5.74, 6) is -0.366. The number of methoxy groups -OCH3 is 2. The number of carbonyl (C=O) groups excluding carboxylic acids is 1. The summed E-state index contributed by atoms with van der Waals surface area (Å²) in [6.07, 6.45) is -0.745. The van der Waals surface area contributed by atoms with Gasteiger partial charge in [-0.25, -0.2) is 0 Å². The van der Waals surface area contributed by atoms with Crippen LogP contribution in [0, 0.1) is 11.3 Å². The Morgan fingerprint density at radius 3 is 2.53 bits per heavy atom. The number of benzene rings is 1. The Hall–Kier alpha value is -1.90. The molecule has 0 unspecified atom stereocenters. The van der Waals surface area contributed by atoms with Crippen molar-refractivity contribution < 1.29 is 14.3 Å². The molecule has 0 spiro atoms. The molecule has 0 heterocycles. The second-order valence-electron chi connectivity index (χ2n) is 4.39. The number of nitrogens with zero attached hydrogens (tertiary/aromatic N) is 1. The maximum absolute atomic E-state index is 12.2. The molecule has 0 aliphatic heterocycles. The van der Waals surface area contributed by atoms with Crippen LogP contribution in [0.1, 0.15) is 18.6 Å². The lowest BCUT2D eigenvalue weighted by molar-refractivity contribution is -0.133. The van der Waals surface area contributed by atoms with E-state index in [0.717, 1.165) is 5.56 Å². The van der Waals surface area contributed by atoms with Gasteiger partial charge < -0.3 is 14.8 Å². The van der Waals surface area contributed by atoms with E-state index in [9.17, 15) is 4.79 Å². The molecule has 5 heteroatoms. The molecule has 5 nitrogen and oxygen atoms in total. The summed E-state index contributed by atoms with van der Waals surface area (Å²) in [7, 11) is 2.93. The van der Waals surface area contributed by atoms with Crippen molar-refractivity contribution in [2.45, 2.75) is 18.6 Å². The lowest BCUT2D eigenvalue weighted by Crippen LogP contribution is -2.50. The first-order valence-electron chi connectivity index (χ1n) is 5.86. The summed E-state index contributed by atoms with van der Waals surface area (Å²) >= 11 is 0. The van der Waals surface area contributed by atoms with Crippen LogP contribution < -0.4 is 5.32 Å². The predicted molar refractivity (Wildman–Crippen MR) is 70.2 cm³/mol. The zero-order chi connectivity index (χ0) is 14.3. The molecule has 2 atom stereocenters. The standard InChI is InChI=1S/C14H18N2O3/c1-14(9-15,10-18-2)16-13(17)12(19-3)11-7-5-4-6-8-11/h4-8,12H,10H2,1-3H3,(H,16,17)/t12-,14-/m0/s1. The molecule has 0 saturated carbocycles. The first-order chi connectivity index (χ1) is 9.06. The van der Waals surface area contributed by atoms with Gasteiger partial charge in [-0.1, -0.05) is 30.3 Å². The van der Waals surface area contributed by atoms with Gasteiger partial charge in [-0.15, -0.1) is 0 Å². The third-order valence-electron chi connectivity index (χ3n) is 2.66. The van der Waals surface area contributed by atoms with Crippen molar-refractivity contribution in [3.8, 4) is 6.07 Å². The van der Waals surface area contributed by atoms with Crippen molar-refractivity contribution in [1.82, 2.24) is 5.32 Å². The summed E-state index contributed by atoms with van der Waals surface area (Å²) in [4.78, 5) is 12.2. The molecule has 1 aromatic carbocycles. The highest BCUT2D eigenvalue weighted by molar-refractivity contribution is 5.83. The van der Waals surface area contributed by atoms with Gasteiger partial charge >= 0.3 is 0 Å². The van der Waals surface area contributed by atoms with E-state index in [1.54, 1.807) is 19.1 Å². The molecule has 102 valence electrons. The Morgan fingerprint density at radius 2 is 2.05 bits per heavy atom. The normalized spacial score (nSPS) is 15.1. The van der Waals surface area contributed by atoms with Crippen molar-refractivity contribution in [2.75, 3.05) is 20.8 Å². The minimum Gasteiger partial charge on any atom is -0.381 e. The van der Waals surface area contributed by atoms with Crippen LogP contribution in [0.2, 0.25) is 0 Å². The zero-order valence-corrected chi connectivity index (χ0v) is 11.3. The fraction of sp³-hybridized carbons (Fsp3) is 0.429. The van der Waals surface area contributed by atoms with E-state index in [-0.39, 0.29) is 12.5 Å². The number of nitrogens with one attached hydrogen (secondary N) is 1. The lowest BCUT2D eigenvalue weighted by Gasteiger charge is -2.25. The maximum atomic E-state index is 12.2. The number of hydrogen-bond acceptors (Lipinski definition) is 4. The highest BCUT2D eigenvalue weighted by Crippen LogP contribution is 2.17. The van der Waals surface area contributed by atoms with Gasteiger partial charge in [0, 0.05) is 14.2 Å². The quantitative estimate of drug-likeness (QED) is 0.841. The molecule has 0 aliphatic rings. The van der Waals surface area contributed by atoms with E-state index in [0.29, 0.717) is 0 Å². The predicted octanol–water partition coefficient (Wildman–Crippen LogP) is 1.42. The monoisotopic (exact) mass is 262 g/mol. The molecular weight excluding hydrogens is 244 g/mol. The van der Waals surface area contributed by atoms with E-state index >= 15 is 0 Å². The van der Waals surface area contributed by atoms with Crippen LogP contribution in [-0.2, 0) is 14.3 Å². The second kappa shape index (κ2) is 6.88. The van der Waals surface area contributed by atoms with Gasteiger partial charge in [0.2, 0.25) is 0 Å². The average Bonchev–Trinajstić information content (AvgIpc) is 2.41. The van der Waals surface area contributed by atoms with E-state index in [1.165, 1.54) is 14.2 Å². The smallest absolute Gasteiger partial charge is 0.255 e. The van der Waals surface area contributed by atoms with Crippen molar-refractivity contribution in [3.63, 3.8) is 0 Å². The number of rotatable bonds is 6. The minimum absolute atomic E-state index is 0.112. The van der Waals surface area contributed by atoms with Gasteiger partial charge in [0.1, 0.15) is 5.54 Å². The first-order valence-corrected chi connectivity index (χ1v) is 5.86. The third kappa shape index (κ3) is 4.05. The number of hydrogen-bond donors (Lipinski definition) is 1. The van der Waals surface area contributed by atoms with E-state index in [4.69, 9.17) is 14.7 Å². The van der Waals surface area contributed by atoms with Gasteiger partial charge in [0.25, 0.3) is 5.91 Å². The van der Waals surface area contributed by atoms with Crippen molar-refractivity contribution in [2.24, 2.45) is 0 Å². The van der Waals surface area contributed by atoms with Crippen LogP contribution in [0.4, 0.5) is 0 Å². The Morgan fingerprint density at radius 1 is 1.42 bits per heavy atom. The molecule has 0 radical (unpaired) electrons. The van der Waals surface area contributed by atoms with Crippen molar-refractivity contribution >= 4 is 5.91 Å². The van der Waals surface area contributed by atoms with Gasteiger partial charge in [-0.3, -0.25) is 4.79 Å². The van der Waals surface area contributed by atoms with Crippen LogP contribution in [0.25, 0.3) is 0 Å². The van der Waals surface area contributed by atoms with Crippen molar-refractivity contribution in [1.29, 1.82) is 5.26 Å². The number of ether oxygens (including phenoxy) is 2. The first kappa shape index (κ1) is 15.2. The molecule has 0 aromatic heterocycles. The summed E-state index contributed by atoms with van der Waals surface area (Å²) < 4.78 is 10.1. The summed E-state index contributed by atoms with van der Waals surface area (Å²) in [6.45, 7) is 1.71. The van der Waals surface area contributed by atoms with Gasteiger partial charge in [0.15, 0.2) is 6.10 Å². The summed E-state index contributed by atoms with van der Waals surface area (Å²) in [6, 6.07) is 11.1. The molecule has 0 saturated heterocycles. The average molecular weight is 262 g/mol. The largest absolute Gasteiger partial charge is 0.381 e. The highest BCUT2D eigenvalue weighted by Gasteiger charge is 2.30. The van der Waals surface area contributed by atoms with Crippen LogP contribution in [0.5, 0.6) is 0 Å². The van der Waals surface area contributed by atoms with Gasteiger partial charge in [0.05, 0.1) is 12.7 Å². The van der Waals surface area contributed by atoms with E-state index in [1.807, 2.05) is 24.3 Å². The number of carbonyl (C=O) groups is 1. The molecule has 1 N–H and O–H groups in total. The highest BCUT2D eigenvalue weighted by atomic mass is 16.5. The molecule has 1 amide bonds. The third-order valence-corrected chi connectivity index (χ3v) is 2.66. The Balaban J connectivity index is 2.84. The zero-order valence-electron chi connectivity index (χ0n) is 11.3. The molecule has 1 rings (SSSR count). The molecular formula is C14H18N2O3.